The zero-order valence-corrected chi connectivity index (χ0v) is 12.5. The molecule has 1 heterocycles. The summed E-state index contributed by atoms with van der Waals surface area (Å²) >= 11 is 0. The van der Waals surface area contributed by atoms with E-state index >= 15 is 0 Å². The van der Waals surface area contributed by atoms with Gasteiger partial charge in [0.05, 0.1) is 18.5 Å². The van der Waals surface area contributed by atoms with Gasteiger partial charge in [-0.2, -0.15) is 0 Å². The van der Waals surface area contributed by atoms with Crippen LogP contribution in [0.25, 0.3) is 0 Å². The Kier molecular flexibility index (Phi) is 4.39. The number of anilines is 1. The zero-order valence-electron chi connectivity index (χ0n) is 12.5. The molecule has 21 heavy (non-hydrogen) atoms. The maximum Gasteiger partial charge on any atom is 0.213 e. The summed E-state index contributed by atoms with van der Waals surface area (Å²) < 4.78 is 5.36. The Morgan fingerprint density at radius 3 is 2.95 bits per heavy atom. The summed E-state index contributed by atoms with van der Waals surface area (Å²) in [7, 11) is 0. The molecule has 1 unspecified atom stereocenters. The smallest absolute Gasteiger partial charge is 0.213 e. The van der Waals surface area contributed by atoms with E-state index in [-0.39, 0.29) is 0 Å². The van der Waals surface area contributed by atoms with Crippen LogP contribution in [0.3, 0.4) is 0 Å². The van der Waals surface area contributed by atoms with E-state index in [0.717, 1.165) is 12.2 Å². The molecule has 110 valence electrons. The Hall–Kier alpha value is -2.03. The molecule has 0 saturated heterocycles. The molecule has 0 bridgehead atoms. The Morgan fingerprint density at radius 2 is 2.14 bits per heavy atom. The van der Waals surface area contributed by atoms with Gasteiger partial charge in [0.15, 0.2) is 0 Å². The third-order valence-electron chi connectivity index (χ3n) is 4.07. The number of nitrogens with one attached hydrogen (secondary N) is 1. The van der Waals surface area contributed by atoms with Gasteiger partial charge >= 0.3 is 0 Å². The SMILES string of the molecule is CCOc1ccc(NCC2CCCc3ccccc32)cn1. The number of nitrogens with zero attached hydrogens (tertiary/aromatic N) is 1. The monoisotopic (exact) mass is 282 g/mol. The molecule has 0 fully saturated rings. The largest absolute Gasteiger partial charge is 0.478 e. The topological polar surface area (TPSA) is 34.1 Å². The predicted octanol–water partition coefficient (Wildman–Crippen LogP) is 4.01. The second kappa shape index (κ2) is 6.61. The van der Waals surface area contributed by atoms with Crippen LogP contribution in [0.15, 0.2) is 42.6 Å². The maximum atomic E-state index is 5.36. The van der Waals surface area contributed by atoms with Crippen molar-refractivity contribution in [3.8, 4) is 5.88 Å². The fourth-order valence-electron chi connectivity index (χ4n) is 3.03. The molecule has 3 nitrogen and oxygen atoms in total. The number of hydrogen-bond donors (Lipinski definition) is 1. The molecule has 3 heteroatoms. The molecular weight excluding hydrogens is 260 g/mol. The fraction of sp³-hybridized carbons (Fsp3) is 0.389. The van der Waals surface area contributed by atoms with Crippen molar-refractivity contribution in [2.75, 3.05) is 18.5 Å². The number of fused-ring (bicyclic) bond motifs is 1. The van der Waals surface area contributed by atoms with Gasteiger partial charge < -0.3 is 10.1 Å². The molecule has 1 N–H and O–H groups in total. The number of rotatable bonds is 5. The van der Waals surface area contributed by atoms with Crippen LogP contribution in [0.5, 0.6) is 5.88 Å². The van der Waals surface area contributed by atoms with Crippen molar-refractivity contribution < 1.29 is 4.74 Å². The summed E-state index contributed by atoms with van der Waals surface area (Å²) in [4.78, 5) is 4.29. The predicted molar refractivity (Wildman–Crippen MR) is 86.0 cm³/mol. The summed E-state index contributed by atoms with van der Waals surface area (Å²) in [5.74, 6) is 1.28. The molecular formula is C18H22N2O. The Bertz CT molecular complexity index is 580. The average Bonchev–Trinajstić information content (AvgIpc) is 2.54. The van der Waals surface area contributed by atoms with E-state index in [1.54, 1.807) is 0 Å². The summed E-state index contributed by atoms with van der Waals surface area (Å²) in [6.45, 7) is 3.58. The highest BCUT2D eigenvalue weighted by Gasteiger charge is 2.19. The summed E-state index contributed by atoms with van der Waals surface area (Å²) in [6.07, 6.45) is 5.61. The first-order valence-corrected chi connectivity index (χ1v) is 7.77. The van der Waals surface area contributed by atoms with Crippen LogP contribution in [0.1, 0.15) is 36.8 Å². The molecule has 1 aliphatic rings. The van der Waals surface area contributed by atoms with Crippen LogP contribution in [0.2, 0.25) is 0 Å². The molecule has 1 atom stereocenters. The van der Waals surface area contributed by atoms with E-state index in [0.29, 0.717) is 18.4 Å². The lowest BCUT2D eigenvalue weighted by Crippen LogP contribution is -2.18. The number of pyridine rings is 1. The summed E-state index contributed by atoms with van der Waals surface area (Å²) in [5.41, 5.74) is 4.08. The fourth-order valence-corrected chi connectivity index (χ4v) is 3.03. The molecule has 3 rings (SSSR count). The molecule has 1 aliphatic carbocycles. The lowest BCUT2D eigenvalue weighted by Gasteiger charge is -2.26. The summed E-state index contributed by atoms with van der Waals surface area (Å²) in [6, 6.07) is 12.8. The van der Waals surface area contributed by atoms with E-state index in [9.17, 15) is 0 Å². The molecule has 1 aromatic heterocycles. The van der Waals surface area contributed by atoms with Crippen molar-refractivity contribution in [1.29, 1.82) is 0 Å². The van der Waals surface area contributed by atoms with Gasteiger partial charge in [0, 0.05) is 18.5 Å². The number of benzene rings is 1. The van der Waals surface area contributed by atoms with Crippen molar-refractivity contribution in [1.82, 2.24) is 4.98 Å². The van der Waals surface area contributed by atoms with Crippen LogP contribution in [0, 0.1) is 0 Å². The van der Waals surface area contributed by atoms with E-state index in [1.807, 2.05) is 25.3 Å². The normalized spacial score (nSPS) is 17.1. The van der Waals surface area contributed by atoms with Crippen molar-refractivity contribution in [3.63, 3.8) is 0 Å². The van der Waals surface area contributed by atoms with E-state index < -0.39 is 0 Å². The van der Waals surface area contributed by atoms with Crippen LogP contribution < -0.4 is 10.1 Å². The number of ether oxygens (including phenoxy) is 1. The average molecular weight is 282 g/mol. The van der Waals surface area contributed by atoms with Gasteiger partial charge in [-0.25, -0.2) is 4.98 Å². The quantitative estimate of drug-likeness (QED) is 0.899. The standard InChI is InChI=1S/C18H22N2O/c1-2-21-18-11-10-16(13-20-18)19-12-15-8-5-7-14-6-3-4-9-17(14)15/h3-4,6,9-11,13,15,19H,2,5,7-8,12H2,1H3. The molecule has 0 amide bonds. The van der Waals surface area contributed by atoms with Gasteiger partial charge in [0.1, 0.15) is 0 Å². The van der Waals surface area contributed by atoms with Gasteiger partial charge in [-0.1, -0.05) is 24.3 Å². The Labute approximate surface area is 126 Å². The highest BCUT2D eigenvalue weighted by atomic mass is 16.5. The summed E-state index contributed by atoms with van der Waals surface area (Å²) in [5, 5.41) is 3.51. The van der Waals surface area contributed by atoms with E-state index in [1.165, 1.54) is 30.4 Å². The van der Waals surface area contributed by atoms with Gasteiger partial charge in [0.25, 0.3) is 0 Å². The van der Waals surface area contributed by atoms with Crippen LogP contribution in [-0.2, 0) is 6.42 Å². The van der Waals surface area contributed by atoms with Crippen molar-refractivity contribution in [2.24, 2.45) is 0 Å². The first-order chi connectivity index (χ1) is 10.4. The molecule has 0 aliphatic heterocycles. The third kappa shape index (κ3) is 3.35. The minimum absolute atomic E-state index is 0.599. The molecule has 2 aromatic rings. The minimum atomic E-state index is 0.599. The van der Waals surface area contributed by atoms with E-state index in [4.69, 9.17) is 4.74 Å². The van der Waals surface area contributed by atoms with Gasteiger partial charge in [-0.3, -0.25) is 0 Å². The van der Waals surface area contributed by atoms with E-state index in [2.05, 4.69) is 34.6 Å². The van der Waals surface area contributed by atoms with Gasteiger partial charge in [0.2, 0.25) is 5.88 Å². The Morgan fingerprint density at radius 1 is 1.24 bits per heavy atom. The number of hydrogen-bond acceptors (Lipinski definition) is 3. The lowest BCUT2D eigenvalue weighted by molar-refractivity contribution is 0.327. The molecule has 1 aromatic carbocycles. The van der Waals surface area contributed by atoms with Crippen LogP contribution in [0.4, 0.5) is 5.69 Å². The van der Waals surface area contributed by atoms with Crippen molar-refractivity contribution in [2.45, 2.75) is 32.1 Å². The van der Waals surface area contributed by atoms with Crippen LogP contribution in [-0.4, -0.2) is 18.1 Å². The third-order valence-corrected chi connectivity index (χ3v) is 4.07. The number of aryl methyl sites for hydroxylation is 1. The highest BCUT2D eigenvalue weighted by molar-refractivity contribution is 5.43. The first kappa shape index (κ1) is 13.9. The van der Waals surface area contributed by atoms with Crippen molar-refractivity contribution in [3.05, 3.63) is 53.7 Å². The number of aromatic nitrogens is 1. The Balaban J connectivity index is 1.63. The minimum Gasteiger partial charge on any atom is -0.478 e. The first-order valence-electron chi connectivity index (χ1n) is 7.77. The second-order valence-electron chi connectivity index (χ2n) is 5.49. The van der Waals surface area contributed by atoms with Gasteiger partial charge in [-0.15, -0.1) is 0 Å². The zero-order chi connectivity index (χ0) is 14.5. The molecule has 0 saturated carbocycles. The molecule has 0 radical (unpaired) electrons. The van der Waals surface area contributed by atoms with Crippen molar-refractivity contribution >= 4 is 5.69 Å². The van der Waals surface area contributed by atoms with Gasteiger partial charge in [-0.05, 0) is 43.4 Å². The second-order valence-corrected chi connectivity index (χ2v) is 5.49. The van der Waals surface area contributed by atoms with Crippen LogP contribution >= 0.6 is 0 Å². The molecule has 0 spiro atoms. The lowest BCUT2D eigenvalue weighted by atomic mass is 9.83. The highest BCUT2D eigenvalue weighted by Crippen LogP contribution is 2.31. The maximum absolute atomic E-state index is 5.36.